The number of carbonyl (C=O) groups excluding carboxylic acids is 1. The van der Waals surface area contributed by atoms with Gasteiger partial charge in [0.05, 0.1) is 10.8 Å². The number of thioether (sulfide) groups is 1. The lowest BCUT2D eigenvalue weighted by Gasteiger charge is -2.17. The van der Waals surface area contributed by atoms with E-state index < -0.39 is 5.97 Å². The second-order valence-electron chi connectivity index (χ2n) is 4.90. The van der Waals surface area contributed by atoms with Crippen LogP contribution in [0.5, 0.6) is 0 Å². The fourth-order valence-corrected chi connectivity index (χ4v) is 3.43. The van der Waals surface area contributed by atoms with Crippen molar-refractivity contribution in [2.24, 2.45) is 0 Å². The van der Waals surface area contributed by atoms with Crippen LogP contribution in [0.25, 0.3) is 0 Å². The van der Waals surface area contributed by atoms with Gasteiger partial charge in [-0.2, -0.15) is 0 Å². The maximum Gasteiger partial charge on any atom is 0.336 e. The van der Waals surface area contributed by atoms with Crippen molar-refractivity contribution in [1.29, 1.82) is 0 Å². The monoisotopic (exact) mass is 373 g/mol. The minimum absolute atomic E-state index is 0.0720. The fraction of sp³-hybridized carbons (Fsp3) is 0.467. The number of amides is 1. The van der Waals surface area contributed by atoms with E-state index in [-0.39, 0.29) is 22.8 Å². The van der Waals surface area contributed by atoms with E-state index in [1.165, 1.54) is 11.8 Å². The highest BCUT2D eigenvalue weighted by atomic mass is 79.9. The first-order valence-electron chi connectivity index (χ1n) is 6.85. The molecule has 6 heteroatoms. The van der Waals surface area contributed by atoms with Crippen LogP contribution in [0.1, 0.15) is 44.0 Å². The summed E-state index contributed by atoms with van der Waals surface area (Å²) in [4.78, 5) is 23.9. The highest BCUT2D eigenvalue weighted by Gasteiger charge is 2.19. The van der Waals surface area contributed by atoms with E-state index in [0.717, 1.165) is 17.3 Å². The van der Waals surface area contributed by atoms with Crippen molar-refractivity contribution in [1.82, 2.24) is 5.32 Å². The third-order valence-corrected chi connectivity index (χ3v) is 4.61. The summed E-state index contributed by atoms with van der Waals surface area (Å²) in [6.45, 7) is 5.83. The second-order valence-corrected chi connectivity index (χ2v) is 7.20. The average molecular weight is 374 g/mol. The van der Waals surface area contributed by atoms with Crippen molar-refractivity contribution in [2.75, 3.05) is 0 Å². The average Bonchev–Trinajstić information content (AvgIpc) is 2.38. The third kappa shape index (κ3) is 5.71. The number of rotatable bonds is 7. The Balaban J connectivity index is 2.78. The lowest BCUT2D eigenvalue weighted by Crippen LogP contribution is -2.37. The van der Waals surface area contributed by atoms with Crippen LogP contribution in [0, 0.1) is 0 Å². The third-order valence-electron chi connectivity index (χ3n) is 2.96. The molecule has 0 aromatic heterocycles. The highest BCUT2D eigenvalue weighted by Crippen LogP contribution is 2.30. The van der Waals surface area contributed by atoms with Gasteiger partial charge >= 0.3 is 5.97 Å². The van der Waals surface area contributed by atoms with Crippen LogP contribution in [0.3, 0.4) is 0 Å². The fourth-order valence-electron chi connectivity index (χ4n) is 1.88. The molecule has 21 heavy (non-hydrogen) atoms. The van der Waals surface area contributed by atoms with Crippen LogP contribution in [0.2, 0.25) is 0 Å². The molecule has 116 valence electrons. The van der Waals surface area contributed by atoms with Crippen LogP contribution < -0.4 is 5.32 Å². The maximum absolute atomic E-state index is 12.1. The summed E-state index contributed by atoms with van der Waals surface area (Å²) < 4.78 is 0.793. The van der Waals surface area contributed by atoms with Gasteiger partial charge in [-0.3, -0.25) is 4.79 Å². The molecule has 0 aliphatic carbocycles. The summed E-state index contributed by atoms with van der Waals surface area (Å²) in [5.74, 6) is -1.06. The van der Waals surface area contributed by atoms with Gasteiger partial charge in [-0.25, -0.2) is 4.79 Å². The minimum Gasteiger partial charge on any atom is -0.478 e. The molecular weight excluding hydrogens is 354 g/mol. The Bertz CT molecular complexity index is 522. The number of halogens is 1. The van der Waals surface area contributed by atoms with Gasteiger partial charge in [-0.05, 0) is 38.5 Å². The molecule has 0 fully saturated rings. The van der Waals surface area contributed by atoms with E-state index in [9.17, 15) is 14.7 Å². The Labute approximate surface area is 137 Å². The topological polar surface area (TPSA) is 66.4 Å². The van der Waals surface area contributed by atoms with Gasteiger partial charge in [0.15, 0.2) is 0 Å². The molecule has 0 saturated heterocycles. The van der Waals surface area contributed by atoms with Crippen LogP contribution in [-0.4, -0.2) is 28.3 Å². The molecule has 1 aromatic carbocycles. The van der Waals surface area contributed by atoms with E-state index in [2.05, 4.69) is 28.2 Å². The molecule has 0 bridgehead atoms. The number of hydrogen-bond donors (Lipinski definition) is 2. The smallest absolute Gasteiger partial charge is 0.336 e. The number of hydrogen-bond acceptors (Lipinski definition) is 3. The van der Waals surface area contributed by atoms with Gasteiger partial charge in [0.25, 0.3) is 0 Å². The van der Waals surface area contributed by atoms with Crippen LogP contribution in [0.4, 0.5) is 0 Å². The minimum atomic E-state index is -0.989. The normalized spacial score (nSPS) is 13.5. The molecule has 0 radical (unpaired) electrons. The molecule has 1 rings (SSSR count). The molecule has 4 nitrogen and oxygen atoms in total. The highest BCUT2D eigenvalue weighted by molar-refractivity contribution is 9.10. The number of carboxylic acid groups (broad SMARTS) is 1. The standard InChI is InChI=1S/C15H20BrNO3S/c1-4-5-9(2)17-14(18)10(3)21-13-8-11(16)6-7-12(13)15(19)20/h6-10H,4-5H2,1-3H3,(H,17,18)(H,19,20). The summed E-state index contributed by atoms with van der Waals surface area (Å²) in [5.41, 5.74) is 0.212. The molecule has 0 aliphatic heterocycles. The Morgan fingerprint density at radius 1 is 1.38 bits per heavy atom. The molecule has 2 atom stereocenters. The van der Waals surface area contributed by atoms with Crippen molar-refractivity contribution >= 4 is 39.6 Å². The van der Waals surface area contributed by atoms with E-state index in [1.54, 1.807) is 25.1 Å². The Kier molecular flexibility index (Phi) is 7.25. The Hall–Kier alpha value is -1.01. The SMILES string of the molecule is CCCC(C)NC(=O)C(C)Sc1cc(Br)ccc1C(=O)O. The zero-order valence-corrected chi connectivity index (χ0v) is 14.8. The van der Waals surface area contributed by atoms with Gasteiger partial charge in [0.2, 0.25) is 5.91 Å². The molecular formula is C15H20BrNO3S. The summed E-state index contributed by atoms with van der Waals surface area (Å²) >= 11 is 4.58. The van der Waals surface area contributed by atoms with Gasteiger partial charge in [0, 0.05) is 15.4 Å². The van der Waals surface area contributed by atoms with Gasteiger partial charge in [-0.15, -0.1) is 11.8 Å². The first-order chi connectivity index (χ1) is 9.85. The number of carbonyl (C=O) groups is 2. The first-order valence-corrected chi connectivity index (χ1v) is 8.52. The summed E-state index contributed by atoms with van der Waals surface area (Å²) in [6.07, 6.45) is 1.94. The van der Waals surface area contributed by atoms with Crippen LogP contribution in [-0.2, 0) is 4.79 Å². The van der Waals surface area contributed by atoms with Crippen molar-refractivity contribution in [3.63, 3.8) is 0 Å². The predicted octanol–water partition coefficient (Wildman–Crippen LogP) is 3.93. The van der Waals surface area contributed by atoms with Gasteiger partial charge < -0.3 is 10.4 Å². The van der Waals surface area contributed by atoms with Crippen molar-refractivity contribution in [3.05, 3.63) is 28.2 Å². The molecule has 0 saturated carbocycles. The van der Waals surface area contributed by atoms with E-state index in [4.69, 9.17) is 0 Å². The number of benzene rings is 1. The predicted molar refractivity (Wildman–Crippen MR) is 88.9 cm³/mol. The van der Waals surface area contributed by atoms with E-state index in [0.29, 0.717) is 4.90 Å². The summed E-state index contributed by atoms with van der Waals surface area (Å²) in [5, 5.41) is 11.8. The second kappa shape index (κ2) is 8.44. The van der Waals surface area contributed by atoms with Gasteiger partial charge in [0.1, 0.15) is 0 Å². The molecule has 1 amide bonds. The van der Waals surface area contributed by atoms with Crippen molar-refractivity contribution < 1.29 is 14.7 Å². The quantitative estimate of drug-likeness (QED) is 0.710. The van der Waals surface area contributed by atoms with Crippen molar-refractivity contribution in [3.8, 4) is 0 Å². The molecule has 2 N–H and O–H groups in total. The summed E-state index contributed by atoms with van der Waals surface area (Å²) in [6, 6.07) is 5.08. The summed E-state index contributed by atoms with van der Waals surface area (Å²) in [7, 11) is 0. The lowest BCUT2D eigenvalue weighted by molar-refractivity contribution is -0.120. The van der Waals surface area contributed by atoms with E-state index >= 15 is 0 Å². The zero-order chi connectivity index (χ0) is 16.0. The van der Waals surface area contributed by atoms with Gasteiger partial charge in [-0.1, -0.05) is 29.3 Å². The van der Waals surface area contributed by atoms with Crippen LogP contribution >= 0.6 is 27.7 Å². The lowest BCUT2D eigenvalue weighted by atomic mass is 10.2. The molecule has 1 aromatic rings. The maximum atomic E-state index is 12.1. The number of nitrogens with one attached hydrogen (secondary N) is 1. The molecule has 2 unspecified atom stereocenters. The van der Waals surface area contributed by atoms with Crippen molar-refractivity contribution in [2.45, 2.75) is 49.8 Å². The zero-order valence-electron chi connectivity index (χ0n) is 12.4. The van der Waals surface area contributed by atoms with E-state index in [1.807, 2.05) is 6.92 Å². The largest absolute Gasteiger partial charge is 0.478 e. The molecule has 0 spiro atoms. The molecule has 0 heterocycles. The Morgan fingerprint density at radius 3 is 2.62 bits per heavy atom. The number of aromatic carboxylic acids is 1. The molecule has 0 aliphatic rings. The Morgan fingerprint density at radius 2 is 2.05 bits per heavy atom. The number of carboxylic acids is 1. The van der Waals surface area contributed by atoms with Crippen LogP contribution in [0.15, 0.2) is 27.6 Å². The first kappa shape index (κ1) is 18.0.